The number of ether oxygens (including phenoxy) is 1. The number of nitrogens with zero attached hydrogens (tertiary/aromatic N) is 2. The second-order valence-corrected chi connectivity index (χ2v) is 8.50. The minimum atomic E-state index is -1.68. The van der Waals surface area contributed by atoms with Gasteiger partial charge in [-0.3, -0.25) is 15.0 Å². The van der Waals surface area contributed by atoms with E-state index < -0.39 is 11.8 Å². The number of hydrogen-bond acceptors (Lipinski definition) is 6. The molecule has 0 spiro atoms. The van der Waals surface area contributed by atoms with Crippen LogP contribution in [0.15, 0.2) is 60.0 Å². The highest BCUT2D eigenvalue weighted by Crippen LogP contribution is 2.47. The fourth-order valence-electron chi connectivity index (χ4n) is 4.22. The van der Waals surface area contributed by atoms with Crippen LogP contribution >= 0.6 is 11.3 Å². The molecule has 9 heteroatoms. The van der Waals surface area contributed by atoms with E-state index in [4.69, 9.17) is 0 Å². The highest BCUT2D eigenvalue weighted by Gasteiger charge is 2.52. The number of imidazole rings is 1. The van der Waals surface area contributed by atoms with Gasteiger partial charge in [0.1, 0.15) is 0 Å². The lowest BCUT2D eigenvalue weighted by Gasteiger charge is -2.38. The summed E-state index contributed by atoms with van der Waals surface area (Å²) in [6.45, 7) is 1.91. The molecule has 0 aliphatic carbocycles. The Labute approximate surface area is 187 Å². The van der Waals surface area contributed by atoms with Crippen molar-refractivity contribution >= 4 is 40.3 Å². The van der Waals surface area contributed by atoms with Gasteiger partial charge in [-0.2, -0.15) is 0 Å². The molecule has 0 fully saturated rings. The number of fused-ring (bicyclic) bond motifs is 2. The average Bonchev–Trinajstić information content (AvgIpc) is 3.51. The van der Waals surface area contributed by atoms with Crippen LogP contribution in [0.25, 0.3) is 11.0 Å². The first-order valence-electron chi connectivity index (χ1n) is 9.97. The molecule has 1 aliphatic heterocycles. The molecule has 8 nitrogen and oxygen atoms in total. The van der Waals surface area contributed by atoms with Crippen molar-refractivity contribution in [2.24, 2.45) is 0 Å². The molecule has 3 N–H and O–H groups in total. The summed E-state index contributed by atoms with van der Waals surface area (Å²) in [5.41, 5.74) is 1.01. The molecule has 4 aromatic rings. The number of nitrogens with one attached hydrogen (secondary N) is 2. The number of amides is 2. The molecule has 2 atom stereocenters. The molecule has 2 unspecified atom stereocenters. The smallest absolute Gasteiger partial charge is 0.413 e. The van der Waals surface area contributed by atoms with Gasteiger partial charge in [0.2, 0.25) is 5.95 Å². The number of carbonyl (C=O) groups excluding carboxylic acids is 2. The molecule has 2 aromatic heterocycles. The molecule has 2 amide bonds. The molecule has 1 aliphatic rings. The van der Waals surface area contributed by atoms with Crippen LogP contribution in [0.3, 0.4) is 0 Å². The zero-order valence-corrected chi connectivity index (χ0v) is 18.1. The van der Waals surface area contributed by atoms with Crippen LogP contribution in [0.2, 0.25) is 0 Å². The number of rotatable bonds is 4. The monoisotopic (exact) mass is 448 g/mol. The van der Waals surface area contributed by atoms with Crippen molar-refractivity contribution < 1.29 is 19.4 Å². The Morgan fingerprint density at radius 3 is 2.81 bits per heavy atom. The van der Waals surface area contributed by atoms with Crippen molar-refractivity contribution in [2.75, 3.05) is 12.4 Å². The van der Waals surface area contributed by atoms with E-state index in [-0.39, 0.29) is 17.9 Å². The minimum absolute atomic E-state index is 0.225. The number of methoxy groups -OCH3 is 1. The molecule has 0 saturated heterocycles. The average molecular weight is 449 g/mol. The predicted octanol–water partition coefficient (Wildman–Crippen LogP) is 4.21. The van der Waals surface area contributed by atoms with Crippen LogP contribution in [-0.2, 0) is 10.5 Å². The molecule has 32 heavy (non-hydrogen) atoms. The van der Waals surface area contributed by atoms with Gasteiger partial charge >= 0.3 is 6.09 Å². The standard InChI is InChI=1S/C23H20N4O4S/c1-13(19-8-5-11-32-19)27-20(28)15-6-3-4-7-16(15)23(27,30)14-9-10-17-18(12-14)25-21(24-17)26-22(29)31-2/h3-13,30H,1-2H3,(H2,24,25,26,29). The molecule has 3 heterocycles. The Kier molecular flexibility index (Phi) is 4.72. The van der Waals surface area contributed by atoms with E-state index in [1.54, 1.807) is 36.4 Å². The molecular formula is C23H20N4O4S. The summed E-state index contributed by atoms with van der Waals surface area (Å²) < 4.78 is 4.60. The second kappa shape index (κ2) is 7.47. The summed E-state index contributed by atoms with van der Waals surface area (Å²) in [5.74, 6) is -0.0122. The van der Waals surface area contributed by atoms with Crippen molar-refractivity contribution in [2.45, 2.75) is 18.7 Å². The van der Waals surface area contributed by atoms with E-state index in [0.717, 1.165) is 4.88 Å². The number of thiophene rings is 1. The Morgan fingerprint density at radius 1 is 1.25 bits per heavy atom. The van der Waals surface area contributed by atoms with Crippen LogP contribution in [0, 0.1) is 0 Å². The highest BCUT2D eigenvalue weighted by atomic mass is 32.1. The first kappa shape index (κ1) is 20.2. The van der Waals surface area contributed by atoms with Gasteiger partial charge in [0, 0.05) is 21.6 Å². The van der Waals surface area contributed by atoms with Gasteiger partial charge in [-0.25, -0.2) is 9.78 Å². The minimum Gasteiger partial charge on any atom is -0.453 e. The van der Waals surface area contributed by atoms with E-state index >= 15 is 0 Å². The molecule has 0 radical (unpaired) electrons. The zero-order chi connectivity index (χ0) is 22.5. The quantitative estimate of drug-likeness (QED) is 0.433. The van der Waals surface area contributed by atoms with Crippen LogP contribution in [-0.4, -0.2) is 39.1 Å². The van der Waals surface area contributed by atoms with Gasteiger partial charge in [0.25, 0.3) is 5.91 Å². The van der Waals surface area contributed by atoms with Crippen molar-refractivity contribution in [3.05, 3.63) is 81.5 Å². The fourth-order valence-corrected chi connectivity index (χ4v) is 4.99. The van der Waals surface area contributed by atoms with Crippen LogP contribution in [0.5, 0.6) is 0 Å². The Bertz CT molecular complexity index is 1330. The second-order valence-electron chi connectivity index (χ2n) is 7.52. The number of carbonyl (C=O) groups is 2. The lowest BCUT2D eigenvalue weighted by atomic mass is 9.93. The fraction of sp³-hybridized carbons (Fsp3) is 0.174. The Balaban J connectivity index is 1.65. The third-order valence-corrected chi connectivity index (χ3v) is 6.78. The van der Waals surface area contributed by atoms with E-state index in [2.05, 4.69) is 20.0 Å². The number of aromatic amines is 1. The number of aliphatic hydroxyl groups is 1. The number of hydrogen-bond donors (Lipinski definition) is 3. The maximum absolute atomic E-state index is 13.4. The normalized spacial score (nSPS) is 18.6. The summed E-state index contributed by atoms with van der Waals surface area (Å²) in [5, 5.41) is 16.6. The lowest BCUT2D eigenvalue weighted by molar-refractivity contribution is -0.0670. The summed E-state index contributed by atoms with van der Waals surface area (Å²) in [4.78, 5) is 34.8. The van der Waals surface area contributed by atoms with Gasteiger partial charge in [-0.15, -0.1) is 11.3 Å². The maximum Gasteiger partial charge on any atom is 0.413 e. The Hall–Kier alpha value is -3.69. The molecule has 5 rings (SSSR count). The van der Waals surface area contributed by atoms with Gasteiger partial charge in [0.05, 0.1) is 24.2 Å². The number of H-pyrrole nitrogens is 1. The predicted molar refractivity (Wildman–Crippen MR) is 120 cm³/mol. The van der Waals surface area contributed by atoms with Crippen LogP contribution in [0.4, 0.5) is 10.7 Å². The summed E-state index contributed by atoms with van der Waals surface area (Å²) in [7, 11) is 1.27. The van der Waals surface area contributed by atoms with Crippen LogP contribution in [0.1, 0.15) is 39.3 Å². The number of aromatic nitrogens is 2. The largest absolute Gasteiger partial charge is 0.453 e. The van der Waals surface area contributed by atoms with E-state index in [9.17, 15) is 14.7 Å². The number of anilines is 1. The molecule has 162 valence electrons. The maximum atomic E-state index is 13.4. The van der Waals surface area contributed by atoms with E-state index in [1.165, 1.54) is 23.3 Å². The van der Waals surface area contributed by atoms with Crippen molar-refractivity contribution in [3.63, 3.8) is 0 Å². The first-order chi connectivity index (χ1) is 15.4. The van der Waals surface area contributed by atoms with Gasteiger partial charge in [-0.1, -0.05) is 30.3 Å². The van der Waals surface area contributed by atoms with E-state index in [1.807, 2.05) is 30.5 Å². The number of benzene rings is 2. The van der Waals surface area contributed by atoms with Gasteiger partial charge < -0.3 is 14.8 Å². The van der Waals surface area contributed by atoms with E-state index in [0.29, 0.717) is 27.7 Å². The van der Waals surface area contributed by atoms with Crippen molar-refractivity contribution in [1.82, 2.24) is 14.9 Å². The topological polar surface area (TPSA) is 108 Å². The molecule has 2 aromatic carbocycles. The Morgan fingerprint density at radius 2 is 2.06 bits per heavy atom. The van der Waals surface area contributed by atoms with Crippen molar-refractivity contribution in [1.29, 1.82) is 0 Å². The molecule has 0 bridgehead atoms. The molecule has 0 saturated carbocycles. The third kappa shape index (κ3) is 2.97. The summed E-state index contributed by atoms with van der Waals surface area (Å²) >= 11 is 1.53. The zero-order valence-electron chi connectivity index (χ0n) is 17.3. The summed E-state index contributed by atoms with van der Waals surface area (Å²) in [6, 6.07) is 15.9. The SMILES string of the molecule is COC(=O)Nc1nc2cc(C3(O)c4ccccc4C(=O)N3C(C)c3cccs3)ccc2[nH]1. The molecular weight excluding hydrogens is 428 g/mol. The van der Waals surface area contributed by atoms with Crippen molar-refractivity contribution in [3.8, 4) is 0 Å². The van der Waals surface area contributed by atoms with Crippen LogP contribution < -0.4 is 5.32 Å². The first-order valence-corrected chi connectivity index (χ1v) is 10.9. The third-order valence-electron chi connectivity index (χ3n) is 5.73. The lowest BCUT2D eigenvalue weighted by Crippen LogP contribution is -2.45. The van der Waals surface area contributed by atoms with Gasteiger partial charge in [0.15, 0.2) is 5.72 Å². The highest BCUT2D eigenvalue weighted by molar-refractivity contribution is 7.10. The summed E-state index contributed by atoms with van der Waals surface area (Å²) in [6.07, 6.45) is -0.644. The van der Waals surface area contributed by atoms with Gasteiger partial charge in [-0.05, 0) is 36.6 Å².